The summed E-state index contributed by atoms with van der Waals surface area (Å²) in [4.78, 5) is 26.1. The number of amides is 2. The average Bonchev–Trinajstić information content (AvgIpc) is 2.69. The van der Waals surface area contributed by atoms with Crippen LogP contribution in [0.3, 0.4) is 0 Å². The van der Waals surface area contributed by atoms with E-state index in [2.05, 4.69) is 29.6 Å². The second-order valence-corrected chi connectivity index (χ2v) is 7.09. The van der Waals surface area contributed by atoms with Gasteiger partial charge in [-0.2, -0.15) is 0 Å². The van der Waals surface area contributed by atoms with Crippen molar-refractivity contribution in [2.45, 2.75) is 25.7 Å². The minimum absolute atomic E-state index is 0.0172. The van der Waals surface area contributed by atoms with Crippen molar-refractivity contribution in [2.75, 3.05) is 19.6 Å². The van der Waals surface area contributed by atoms with Crippen LogP contribution >= 0.6 is 0 Å². The Labute approximate surface area is 159 Å². The van der Waals surface area contributed by atoms with Crippen molar-refractivity contribution >= 4 is 11.8 Å². The van der Waals surface area contributed by atoms with E-state index in [1.807, 2.05) is 11.0 Å². The summed E-state index contributed by atoms with van der Waals surface area (Å²) in [6.45, 7) is 1.50. The van der Waals surface area contributed by atoms with E-state index >= 15 is 0 Å². The highest BCUT2D eigenvalue weighted by atomic mass is 19.1. The molecule has 1 heterocycles. The number of likely N-dealkylation sites (tertiary alicyclic amines) is 1. The maximum atomic E-state index is 12.9. The van der Waals surface area contributed by atoms with Gasteiger partial charge in [-0.05, 0) is 48.4 Å². The molecule has 1 fully saturated rings. The Morgan fingerprint density at radius 1 is 0.963 bits per heavy atom. The highest BCUT2D eigenvalue weighted by Crippen LogP contribution is 2.21. The van der Waals surface area contributed by atoms with Crippen LogP contribution in [0.5, 0.6) is 0 Å². The third-order valence-electron chi connectivity index (χ3n) is 5.05. The second-order valence-electron chi connectivity index (χ2n) is 7.09. The van der Waals surface area contributed by atoms with E-state index in [1.54, 1.807) is 12.1 Å². The Bertz CT molecular complexity index is 754. The van der Waals surface area contributed by atoms with Gasteiger partial charge < -0.3 is 10.2 Å². The molecule has 0 aromatic heterocycles. The first kappa shape index (κ1) is 19.1. The molecule has 27 heavy (non-hydrogen) atoms. The molecule has 0 radical (unpaired) electrons. The van der Waals surface area contributed by atoms with Gasteiger partial charge in [0.1, 0.15) is 5.82 Å². The van der Waals surface area contributed by atoms with Crippen molar-refractivity contribution in [2.24, 2.45) is 5.92 Å². The molecule has 0 bridgehead atoms. The van der Waals surface area contributed by atoms with Crippen molar-refractivity contribution in [3.63, 3.8) is 0 Å². The molecule has 0 spiro atoms. The first-order valence-corrected chi connectivity index (χ1v) is 9.43. The highest BCUT2D eigenvalue weighted by Gasteiger charge is 2.23. The van der Waals surface area contributed by atoms with Gasteiger partial charge in [0, 0.05) is 13.1 Å². The number of hydrogen-bond acceptors (Lipinski definition) is 2. The monoisotopic (exact) mass is 368 g/mol. The third-order valence-corrected chi connectivity index (χ3v) is 5.05. The Balaban J connectivity index is 1.37. The number of nitrogens with zero attached hydrogens (tertiary/aromatic N) is 1. The first-order valence-electron chi connectivity index (χ1n) is 9.43. The number of benzene rings is 2. The lowest BCUT2D eigenvalue weighted by molar-refractivity contribution is -0.133. The normalized spacial score (nSPS) is 14.8. The van der Waals surface area contributed by atoms with Crippen LogP contribution in [0, 0.1) is 11.7 Å². The molecule has 1 aliphatic rings. The fraction of sp³-hybridized carbons (Fsp3) is 0.364. The molecule has 2 aromatic rings. The molecule has 5 heteroatoms. The van der Waals surface area contributed by atoms with Gasteiger partial charge in [-0.15, -0.1) is 0 Å². The smallest absolute Gasteiger partial charge is 0.241 e. The minimum Gasteiger partial charge on any atom is -0.347 e. The van der Waals surface area contributed by atoms with E-state index in [9.17, 15) is 14.0 Å². The van der Waals surface area contributed by atoms with Crippen LogP contribution in [0.4, 0.5) is 4.39 Å². The van der Waals surface area contributed by atoms with Gasteiger partial charge in [-0.25, -0.2) is 4.39 Å². The van der Waals surface area contributed by atoms with Crippen molar-refractivity contribution in [3.8, 4) is 0 Å². The van der Waals surface area contributed by atoms with Crippen LogP contribution in [0.1, 0.15) is 24.0 Å². The highest BCUT2D eigenvalue weighted by molar-refractivity contribution is 5.85. The first-order chi connectivity index (χ1) is 13.1. The van der Waals surface area contributed by atoms with Gasteiger partial charge in [0.05, 0.1) is 13.0 Å². The summed E-state index contributed by atoms with van der Waals surface area (Å²) in [6.07, 6.45) is 3.18. The topological polar surface area (TPSA) is 49.4 Å². The molecular formula is C22H25FN2O2. The Kier molecular flexibility index (Phi) is 6.58. The zero-order valence-corrected chi connectivity index (χ0v) is 15.4. The Hall–Kier alpha value is -2.69. The fourth-order valence-electron chi connectivity index (χ4n) is 3.47. The van der Waals surface area contributed by atoms with Crippen LogP contribution in [-0.2, 0) is 22.4 Å². The number of halogens is 1. The van der Waals surface area contributed by atoms with E-state index in [4.69, 9.17) is 0 Å². The van der Waals surface area contributed by atoms with E-state index in [-0.39, 0.29) is 30.6 Å². The maximum Gasteiger partial charge on any atom is 0.241 e. The summed E-state index contributed by atoms with van der Waals surface area (Å²) in [6, 6.07) is 16.2. The van der Waals surface area contributed by atoms with Gasteiger partial charge in [-0.1, -0.05) is 42.5 Å². The standard InChI is InChI=1S/C22H25FN2O2/c23-20-8-6-18(7-9-20)15-21(26)24-16-22(27)25-12-10-19(11-13-25)14-17-4-2-1-3-5-17/h1-9,19H,10-16H2,(H,24,26). The van der Waals surface area contributed by atoms with Crippen LogP contribution < -0.4 is 5.32 Å². The molecule has 1 aliphatic heterocycles. The summed E-state index contributed by atoms with van der Waals surface area (Å²) in [5.74, 6) is 0.00376. The van der Waals surface area contributed by atoms with Crippen LogP contribution in [0.25, 0.3) is 0 Å². The number of nitrogens with one attached hydrogen (secondary N) is 1. The van der Waals surface area contributed by atoms with Gasteiger partial charge >= 0.3 is 0 Å². The molecular weight excluding hydrogens is 343 g/mol. The molecule has 2 amide bonds. The SMILES string of the molecule is O=C(Cc1ccc(F)cc1)NCC(=O)N1CCC(Cc2ccccc2)CC1. The second kappa shape index (κ2) is 9.31. The third kappa shape index (κ3) is 5.91. The van der Waals surface area contributed by atoms with Crippen LogP contribution in [-0.4, -0.2) is 36.3 Å². The van der Waals surface area contributed by atoms with Gasteiger partial charge in [0.15, 0.2) is 0 Å². The summed E-state index contributed by atoms with van der Waals surface area (Å²) < 4.78 is 12.9. The maximum absolute atomic E-state index is 12.9. The molecule has 0 unspecified atom stereocenters. The number of rotatable bonds is 6. The predicted molar refractivity (Wildman–Crippen MR) is 103 cm³/mol. The Morgan fingerprint density at radius 2 is 1.63 bits per heavy atom. The van der Waals surface area contributed by atoms with E-state index in [1.165, 1.54) is 17.7 Å². The molecule has 2 aromatic carbocycles. The lowest BCUT2D eigenvalue weighted by atomic mass is 9.90. The zero-order valence-electron chi connectivity index (χ0n) is 15.4. The molecule has 1 saturated heterocycles. The van der Waals surface area contributed by atoms with Crippen LogP contribution in [0.15, 0.2) is 54.6 Å². The average molecular weight is 368 g/mol. The lowest BCUT2D eigenvalue weighted by Gasteiger charge is -2.32. The van der Waals surface area contributed by atoms with E-state index in [0.717, 1.165) is 37.9 Å². The summed E-state index contributed by atoms with van der Waals surface area (Å²) in [7, 11) is 0. The molecule has 142 valence electrons. The van der Waals surface area contributed by atoms with Crippen molar-refractivity contribution in [1.82, 2.24) is 10.2 Å². The molecule has 0 aliphatic carbocycles. The quantitative estimate of drug-likeness (QED) is 0.852. The lowest BCUT2D eigenvalue weighted by Crippen LogP contribution is -2.44. The van der Waals surface area contributed by atoms with Crippen molar-refractivity contribution in [1.29, 1.82) is 0 Å². The molecule has 0 saturated carbocycles. The van der Waals surface area contributed by atoms with Gasteiger partial charge in [0.2, 0.25) is 11.8 Å². The molecule has 0 atom stereocenters. The van der Waals surface area contributed by atoms with Crippen LogP contribution in [0.2, 0.25) is 0 Å². The summed E-state index contributed by atoms with van der Waals surface area (Å²) in [5.41, 5.74) is 2.07. The summed E-state index contributed by atoms with van der Waals surface area (Å²) in [5, 5.41) is 2.67. The van der Waals surface area contributed by atoms with Gasteiger partial charge in [0.25, 0.3) is 0 Å². The molecule has 4 nitrogen and oxygen atoms in total. The number of carbonyl (C=O) groups is 2. The largest absolute Gasteiger partial charge is 0.347 e. The van der Waals surface area contributed by atoms with Crippen molar-refractivity contribution < 1.29 is 14.0 Å². The van der Waals surface area contributed by atoms with Crippen molar-refractivity contribution in [3.05, 3.63) is 71.5 Å². The molecule has 3 rings (SSSR count). The number of piperidine rings is 1. The molecule has 1 N–H and O–H groups in total. The Morgan fingerprint density at radius 3 is 2.30 bits per heavy atom. The van der Waals surface area contributed by atoms with E-state index in [0.29, 0.717) is 5.92 Å². The number of hydrogen-bond donors (Lipinski definition) is 1. The number of carbonyl (C=O) groups excluding carboxylic acids is 2. The van der Waals surface area contributed by atoms with Gasteiger partial charge in [-0.3, -0.25) is 9.59 Å². The predicted octanol–water partition coefficient (Wildman–Crippen LogP) is 2.97. The minimum atomic E-state index is -0.329. The fourth-order valence-corrected chi connectivity index (χ4v) is 3.47. The van der Waals surface area contributed by atoms with E-state index < -0.39 is 0 Å². The summed E-state index contributed by atoms with van der Waals surface area (Å²) >= 11 is 0. The zero-order chi connectivity index (χ0) is 19.1.